The highest BCUT2D eigenvalue weighted by atomic mass is 32.3. The van der Waals surface area contributed by atoms with Crippen molar-refractivity contribution in [3.05, 3.63) is 53.3 Å². The molecule has 0 spiro atoms. The molecule has 0 saturated carbocycles. The number of ether oxygens (including phenoxy) is 1. The highest BCUT2D eigenvalue weighted by molar-refractivity contribution is 8.42. The number of carbonyl (C=O) groups is 2. The zero-order chi connectivity index (χ0) is 22.3. The SMILES string of the molecule is COC(=O)c1ccc(-c2ccc(C=C3C(=N)N4N=C(S(C)(=O)=O)SC4=NC3=O)o2)cc1. The Kier molecular flexibility index (Phi) is 5.11. The van der Waals surface area contributed by atoms with E-state index in [2.05, 4.69) is 14.8 Å². The molecule has 1 aromatic heterocycles. The van der Waals surface area contributed by atoms with E-state index in [1.807, 2.05) is 0 Å². The Morgan fingerprint density at radius 1 is 1.23 bits per heavy atom. The third kappa shape index (κ3) is 3.94. The summed E-state index contributed by atoms with van der Waals surface area (Å²) in [6.07, 6.45) is 2.33. The Morgan fingerprint density at radius 3 is 2.58 bits per heavy atom. The van der Waals surface area contributed by atoms with E-state index >= 15 is 0 Å². The number of fused-ring (bicyclic) bond motifs is 1. The van der Waals surface area contributed by atoms with Gasteiger partial charge in [-0.1, -0.05) is 12.1 Å². The summed E-state index contributed by atoms with van der Waals surface area (Å²) >= 11 is 0.716. The van der Waals surface area contributed by atoms with E-state index in [0.29, 0.717) is 28.6 Å². The molecule has 2 aliphatic heterocycles. The number of hydrogen-bond donors (Lipinski definition) is 1. The van der Waals surface area contributed by atoms with E-state index in [-0.39, 0.29) is 26.7 Å². The molecule has 0 radical (unpaired) electrons. The molecule has 0 bridgehead atoms. The minimum absolute atomic E-state index is 0.0124. The van der Waals surface area contributed by atoms with Gasteiger partial charge in [-0.2, -0.15) is 10.0 Å². The highest BCUT2D eigenvalue weighted by Crippen LogP contribution is 2.31. The molecule has 31 heavy (non-hydrogen) atoms. The van der Waals surface area contributed by atoms with Crippen molar-refractivity contribution in [3.63, 3.8) is 0 Å². The predicted octanol–water partition coefficient (Wildman–Crippen LogP) is 2.35. The molecule has 12 heteroatoms. The second-order valence-electron chi connectivity index (χ2n) is 6.43. The van der Waals surface area contributed by atoms with Gasteiger partial charge in [0.05, 0.1) is 18.2 Å². The molecule has 3 heterocycles. The van der Waals surface area contributed by atoms with E-state index in [9.17, 15) is 18.0 Å². The Labute approximate surface area is 180 Å². The van der Waals surface area contributed by atoms with Gasteiger partial charge in [-0.25, -0.2) is 13.2 Å². The first kappa shape index (κ1) is 20.8. The lowest BCUT2D eigenvalue weighted by Gasteiger charge is -2.19. The van der Waals surface area contributed by atoms with Crippen molar-refractivity contribution in [2.24, 2.45) is 10.1 Å². The molecular formula is C19H14N4O6S2. The summed E-state index contributed by atoms with van der Waals surface area (Å²) in [5.74, 6) is -0.683. The third-order valence-corrected chi connectivity index (χ3v) is 6.83. The van der Waals surface area contributed by atoms with Gasteiger partial charge in [-0.3, -0.25) is 10.2 Å². The average molecular weight is 458 g/mol. The quantitative estimate of drug-likeness (QED) is 0.545. The third-order valence-electron chi connectivity index (χ3n) is 4.26. The monoisotopic (exact) mass is 458 g/mol. The summed E-state index contributed by atoms with van der Waals surface area (Å²) in [5.41, 5.74) is 0.998. The molecule has 158 valence electrons. The summed E-state index contributed by atoms with van der Waals surface area (Å²) in [5, 5.41) is 13.2. The summed E-state index contributed by atoms with van der Waals surface area (Å²) in [6.45, 7) is 0. The van der Waals surface area contributed by atoms with Crippen LogP contribution < -0.4 is 0 Å². The van der Waals surface area contributed by atoms with E-state index in [4.69, 9.17) is 9.83 Å². The van der Waals surface area contributed by atoms with Gasteiger partial charge >= 0.3 is 5.97 Å². The Morgan fingerprint density at radius 2 is 1.94 bits per heavy atom. The lowest BCUT2D eigenvalue weighted by atomic mass is 10.1. The second kappa shape index (κ2) is 7.63. The molecular weight excluding hydrogens is 444 g/mol. The van der Waals surface area contributed by atoms with Gasteiger partial charge in [0.15, 0.2) is 5.84 Å². The topological polar surface area (TPSA) is 142 Å². The standard InChI is InChI=1S/C19H14N4O6S2/c1-28-17(25)11-5-3-10(4-6-11)14-8-7-12(29-14)9-13-15(20)23-18(21-16(13)24)30-19(22-23)31(2,26)27/h3-9,20H,1-2H3. The molecule has 10 nitrogen and oxygen atoms in total. The summed E-state index contributed by atoms with van der Waals surface area (Å²) in [7, 11) is -2.30. The normalized spacial score (nSPS) is 17.5. The van der Waals surface area contributed by atoms with Crippen LogP contribution in [0.25, 0.3) is 17.4 Å². The van der Waals surface area contributed by atoms with Crippen molar-refractivity contribution in [1.82, 2.24) is 5.01 Å². The Hall–Kier alpha value is -3.51. The fourth-order valence-electron chi connectivity index (χ4n) is 2.74. The molecule has 0 atom stereocenters. The van der Waals surface area contributed by atoms with Gasteiger partial charge in [0.25, 0.3) is 5.91 Å². The molecule has 1 amide bonds. The van der Waals surface area contributed by atoms with Crippen molar-refractivity contribution in [1.29, 1.82) is 5.41 Å². The fraction of sp³-hybridized carbons (Fsp3) is 0.105. The number of furan rings is 1. The van der Waals surface area contributed by atoms with Gasteiger partial charge in [-0.05, 0) is 42.1 Å². The van der Waals surface area contributed by atoms with Crippen LogP contribution >= 0.6 is 11.8 Å². The summed E-state index contributed by atoms with van der Waals surface area (Å²) in [6, 6.07) is 9.86. The van der Waals surface area contributed by atoms with Crippen molar-refractivity contribution in [2.45, 2.75) is 0 Å². The van der Waals surface area contributed by atoms with Gasteiger partial charge in [0.1, 0.15) is 11.5 Å². The van der Waals surface area contributed by atoms with Gasteiger partial charge < -0.3 is 9.15 Å². The van der Waals surface area contributed by atoms with Crippen LogP contribution in [0.4, 0.5) is 0 Å². The Bertz CT molecular complexity index is 1320. The lowest BCUT2D eigenvalue weighted by Crippen LogP contribution is -2.35. The van der Waals surface area contributed by atoms with E-state index < -0.39 is 21.7 Å². The van der Waals surface area contributed by atoms with E-state index in [0.717, 1.165) is 11.3 Å². The molecule has 0 unspecified atom stereocenters. The maximum Gasteiger partial charge on any atom is 0.337 e. The van der Waals surface area contributed by atoms with Crippen LogP contribution in [-0.4, -0.2) is 54.0 Å². The minimum Gasteiger partial charge on any atom is -0.465 e. The smallest absolute Gasteiger partial charge is 0.337 e. The van der Waals surface area contributed by atoms with Crippen molar-refractivity contribution < 1.29 is 27.2 Å². The number of rotatable bonds is 3. The van der Waals surface area contributed by atoms with Crippen molar-refractivity contribution in [3.8, 4) is 11.3 Å². The first-order valence-electron chi connectivity index (χ1n) is 8.66. The van der Waals surface area contributed by atoms with Crippen LogP contribution in [0.1, 0.15) is 16.1 Å². The lowest BCUT2D eigenvalue weighted by molar-refractivity contribution is -0.114. The molecule has 4 rings (SSSR count). The number of hydrogen-bond acceptors (Lipinski definition) is 9. The van der Waals surface area contributed by atoms with E-state index in [1.165, 1.54) is 13.2 Å². The number of nitrogens with zero attached hydrogens (tertiary/aromatic N) is 3. The maximum atomic E-state index is 12.4. The molecule has 0 saturated heterocycles. The zero-order valence-corrected chi connectivity index (χ0v) is 17.8. The number of benzene rings is 1. The van der Waals surface area contributed by atoms with Crippen LogP contribution in [-0.2, 0) is 19.4 Å². The fourth-order valence-corrected chi connectivity index (χ4v) is 4.43. The number of sulfone groups is 1. The number of hydrazone groups is 1. The second-order valence-corrected chi connectivity index (χ2v) is 9.57. The number of nitrogens with one attached hydrogen (secondary N) is 1. The van der Waals surface area contributed by atoms with Crippen molar-refractivity contribution in [2.75, 3.05) is 13.4 Å². The molecule has 0 fully saturated rings. The summed E-state index contributed by atoms with van der Waals surface area (Å²) in [4.78, 5) is 27.8. The first-order chi connectivity index (χ1) is 14.7. The van der Waals surface area contributed by atoms with Gasteiger partial charge in [-0.15, -0.1) is 5.10 Å². The minimum atomic E-state index is -3.60. The van der Waals surface area contributed by atoms with E-state index in [1.54, 1.807) is 36.4 Å². The molecule has 0 aliphatic carbocycles. The number of carbonyl (C=O) groups excluding carboxylic acids is 2. The first-order valence-corrected chi connectivity index (χ1v) is 11.4. The molecule has 2 aromatic rings. The van der Waals surface area contributed by atoms with Crippen LogP contribution in [0.15, 0.2) is 56.5 Å². The molecule has 1 N–H and O–H groups in total. The summed E-state index contributed by atoms with van der Waals surface area (Å²) < 4.78 is 33.6. The largest absolute Gasteiger partial charge is 0.465 e. The van der Waals surface area contributed by atoms with Crippen molar-refractivity contribution >= 4 is 54.9 Å². The predicted molar refractivity (Wildman–Crippen MR) is 115 cm³/mol. The number of aliphatic imine (C=N–C) groups is 1. The van der Waals surface area contributed by atoms with Crippen LogP contribution in [0.2, 0.25) is 0 Å². The molecule has 1 aromatic carbocycles. The number of thioether (sulfide) groups is 1. The van der Waals surface area contributed by atoms with Crippen LogP contribution in [0.5, 0.6) is 0 Å². The average Bonchev–Trinajstić information content (AvgIpc) is 3.38. The van der Waals surface area contributed by atoms with Gasteiger partial charge in [0.2, 0.25) is 19.4 Å². The Balaban J connectivity index is 1.61. The van der Waals surface area contributed by atoms with Crippen LogP contribution in [0, 0.1) is 5.41 Å². The maximum absolute atomic E-state index is 12.4. The molecule has 2 aliphatic rings. The highest BCUT2D eigenvalue weighted by Gasteiger charge is 2.38. The number of methoxy groups -OCH3 is 1. The zero-order valence-electron chi connectivity index (χ0n) is 16.1. The number of amidine groups is 2. The van der Waals surface area contributed by atoms with Gasteiger partial charge in [0, 0.05) is 11.8 Å². The number of esters is 1. The van der Waals surface area contributed by atoms with Crippen LogP contribution in [0.3, 0.4) is 0 Å². The number of amides is 1.